The summed E-state index contributed by atoms with van der Waals surface area (Å²) in [5, 5.41) is 1.53. The molecule has 4 aromatic carbocycles. The molecule has 0 bridgehead atoms. The number of hydrogen-bond donors (Lipinski definition) is 0. The zero-order chi connectivity index (χ0) is 42.9. The van der Waals surface area contributed by atoms with Crippen LogP contribution >= 0.6 is 23.2 Å². The van der Waals surface area contributed by atoms with Gasteiger partial charge in [0.1, 0.15) is 0 Å². The maximum Gasteiger partial charge on any atom is -1.00 e. The summed E-state index contributed by atoms with van der Waals surface area (Å²) in [6, 6.07) is 27.2. The molecule has 0 heterocycles. The number of halogens is 4. The van der Waals surface area contributed by atoms with Gasteiger partial charge in [0.25, 0.3) is 0 Å². The van der Waals surface area contributed by atoms with E-state index in [4.69, 9.17) is 23.2 Å². The van der Waals surface area contributed by atoms with Crippen LogP contribution in [0.1, 0.15) is 168 Å². The van der Waals surface area contributed by atoms with Crippen LogP contribution in [0.25, 0.3) is 11.1 Å². The number of fused-ring (bicyclic) bond motifs is 3. The van der Waals surface area contributed by atoms with Crippen molar-refractivity contribution in [2.75, 3.05) is 0 Å². The topological polar surface area (TPSA) is 0 Å². The molecule has 1 atom stereocenters. The number of allylic oxidation sites excluding steroid dienone is 4. The van der Waals surface area contributed by atoms with E-state index in [-0.39, 0.29) is 46.5 Å². The summed E-state index contributed by atoms with van der Waals surface area (Å²) in [5.74, 6) is 0.587. The second-order valence-electron chi connectivity index (χ2n) is 21.1. The smallest absolute Gasteiger partial charge is 1.00 e. The molecule has 1 unspecified atom stereocenters. The maximum absolute atomic E-state index is 5.86. The Labute approximate surface area is 397 Å². The Balaban J connectivity index is 0.000000337. The van der Waals surface area contributed by atoms with Gasteiger partial charge in [0.05, 0.1) is 0 Å². The molecule has 6 rings (SSSR count). The molecule has 0 amide bonds. The van der Waals surface area contributed by atoms with Gasteiger partial charge in [-0.25, -0.2) is 6.08 Å². The zero-order valence-electron chi connectivity index (χ0n) is 38.7. The quantitative estimate of drug-likeness (QED) is 0.158. The predicted molar refractivity (Wildman–Crippen MR) is 248 cm³/mol. The predicted octanol–water partition coefficient (Wildman–Crippen LogP) is 10.1. The third kappa shape index (κ3) is 14.1. The summed E-state index contributed by atoms with van der Waals surface area (Å²) in [7, 11) is 0. The van der Waals surface area contributed by atoms with Crippen molar-refractivity contribution in [2.24, 2.45) is 11.3 Å². The van der Waals surface area contributed by atoms with Crippen LogP contribution in [0.15, 0.2) is 84.5 Å². The summed E-state index contributed by atoms with van der Waals surface area (Å²) in [4.78, 5) is 0. The van der Waals surface area contributed by atoms with E-state index < -0.39 is 0 Å². The van der Waals surface area contributed by atoms with Crippen LogP contribution in [0, 0.1) is 23.5 Å². The molecule has 2 aliphatic carbocycles. The first kappa shape index (κ1) is 53.4. The summed E-state index contributed by atoms with van der Waals surface area (Å²) < 4.78 is 1.31. The Morgan fingerprint density at radius 1 is 0.610 bits per heavy atom. The Hall–Kier alpha value is -1.73. The van der Waals surface area contributed by atoms with Crippen LogP contribution in [-0.2, 0) is 52.3 Å². The first-order chi connectivity index (χ1) is 26.1. The van der Waals surface area contributed by atoms with E-state index in [0.29, 0.717) is 11.3 Å². The van der Waals surface area contributed by atoms with E-state index in [1.54, 1.807) is 0 Å². The van der Waals surface area contributed by atoms with Crippen molar-refractivity contribution in [1.82, 2.24) is 0 Å². The van der Waals surface area contributed by atoms with Gasteiger partial charge in [-0.05, 0) is 39.4 Å². The van der Waals surface area contributed by atoms with Crippen LogP contribution in [-0.4, -0.2) is 3.21 Å². The van der Waals surface area contributed by atoms with Gasteiger partial charge in [0.2, 0.25) is 0 Å². The molecule has 318 valence electrons. The average Bonchev–Trinajstić information content (AvgIpc) is 3.71. The van der Waals surface area contributed by atoms with Crippen molar-refractivity contribution in [2.45, 2.75) is 152 Å². The number of benzene rings is 4. The molecule has 0 nitrogen and oxygen atoms in total. The fourth-order valence-corrected chi connectivity index (χ4v) is 8.55. The fourth-order valence-electron chi connectivity index (χ4n) is 7.48. The second-order valence-corrected chi connectivity index (χ2v) is 23.3. The van der Waals surface area contributed by atoms with Crippen molar-refractivity contribution in [3.8, 4) is 11.1 Å². The Morgan fingerprint density at radius 3 is 1.44 bits per heavy atom. The van der Waals surface area contributed by atoms with E-state index in [0.717, 1.165) is 16.5 Å². The third-order valence-corrected chi connectivity index (χ3v) is 12.7. The van der Waals surface area contributed by atoms with Crippen molar-refractivity contribution >= 4 is 26.4 Å². The third-order valence-electron chi connectivity index (χ3n) is 10.8. The molecule has 5 heteroatoms. The molecule has 0 N–H and O–H groups in total. The van der Waals surface area contributed by atoms with Gasteiger partial charge in [-0.1, -0.05) is 158 Å². The first-order valence-corrected chi connectivity index (χ1v) is 22.8. The molecule has 0 saturated heterocycles. The molecular formula is C54H68Cl4Zr-2. The van der Waals surface area contributed by atoms with E-state index >= 15 is 0 Å². The van der Waals surface area contributed by atoms with Gasteiger partial charge in [-0.15, -0.1) is 16.7 Å². The van der Waals surface area contributed by atoms with Crippen LogP contribution in [0.2, 0.25) is 10.0 Å². The molecular weight excluding hydrogens is 882 g/mol. The van der Waals surface area contributed by atoms with Gasteiger partial charge in [-0.3, -0.25) is 6.08 Å². The molecule has 2 aliphatic rings. The van der Waals surface area contributed by atoms with Crippen molar-refractivity contribution in [3.05, 3.63) is 151 Å². The minimum absolute atomic E-state index is 0. The minimum atomic E-state index is 0. The Bertz CT molecular complexity index is 1970. The van der Waals surface area contributed by atoms with Crippen molar-refractivity contribution in [1.29, 1.82) is 0 Å². The van der Waals surface area contributed by atoms with E-state index in [1.807, 2.05) is 48.5 Å². The molecule has 0 radical (unpaired) electrons. The van der Waals surface area contributed by atoms with Crippen LogP contribution in [0.3, 0.4) is 0 Å². The van der Waals surface area contributed by atoms with Gasteiger partial charge in [0.15, 0.2) is 0 Å². The molecule has 59 heavy (non-hydrogen) atoms. The Morgan fingerprint density at radius 2 is 1.05 bits per heavy atom. The summed E-state index contributed by atoms with van der Waals surface area (Å²) in [6.07, 6.45) is 11.4. The van der Waals surface area contributed by atoms with Crippen LogP contribution < -0.4 is 24.8 Å². The maximum atomic E-state index is 5.86. The zero-order valence-corrected chi connectivity index (χ0v) is 44.2. The second kappa shape index (κ2) is 20.6. The SMILES string of the molecule is CC(C)(C)c1[c-]c2c(cc1C(C)(C)C)-c1cc(C(C)(C)C)c(C(C)(C)C)cc1C2.CCCC1[C-]=CC(C(C)(C)C)=C1.Clc1ccc([C](=[Zr+2])c2ccc(Cl)cc2)cc1.[Cl-].[Cl-]. The largest absolute Gasteiger partial charge is 1.00 e. The molecule has 0 fully saturated rings. The average molecular weight is 950 g/mol. The summed E-state index contributed by atoms with van der Waals surface area (Å²) in [5.41, 5.74) is 16.1. The van der Waals surface area contributed by atoms with Crippen LogP contribution in [0.5, 0.6) is 0 Å². The Kier molecular flexibility index (Phi) is 18.7. The number of hydrogen-bond acceptors (Lipinski definition) is 0. The van der Waals surface area contributed by atoms with Gasteiger partial charge in [-0.2, -0.15) is 29.3 Å². The van der Waals surface area contributed by atoms with Gasteiger partial charge in [0, 0.05) is 0 Å². The molecule has 0 saturated carbocycles. The van der Waals surface area contributed by atoms with Gasteiger partial charge < -0.3 is 24.8 Å². The van der Waals surface area contributed by atoms with E-state index in [9.17, 15) is 0 Å². The molecule has 0 aliphatic heterocycles. The molecule has 0 spiro atoms. The standard InChI is InChI=1S/C29H41.C13H8Cl2.C12H19.2ClH.Zr/c1-26(2,3)22-14-18-13-19-15-23(27(4,5)6)25(29(10,11)12)17-21(19)20(18)16-24(22)28(7,8)9;14-12-5-1-10(2-6-12)9-11-3-7-13(15)8-4-11;1-5-6-10-7-8-11(9-10)12(2,3)4;;;/h14,16-17H,13H2,1-12H3;1-8H;8-10H,5-6H2,1-4H3;2*1H;/q-1;;-1;;;+2/p-2. The normalized spacial score (nSPS) is 14.7. The van der Waals surface area contributed by atoms with E-state index in [1.165, 1.54) is 101 Å². The summed E-state index contributed by atoms with van der Waals surface area (Å²) >= 11 is 13.1. The van der Waals surface area contributed by atoms with Crippen LogP contribution in [0.4, 0.5) is 0 Å². The minimum Gasteiger partial charge on any atom is -1.00 e. The van der Waals surface area contributed by atoms with Crippen molar-refractivity contribution in [3.63, 3.8) is 0 Å². The molecule has 4 aromatic rings. The summed E-state index contributed by atoms with van der Waals surface area (Å²) in [6.45, 7) is 37.0. The monoisotopic (exact) mass is 946 g/mol. The molecule has 0 aromatic heterocycles. The number of rotatable bonds is 4. The van der Waals surface area contributed by atoms with Crippen molar-refractivity contribution < 1.29 is 49.0 Å². The fraction of sp³-hybridized carbons (Fsp3) is 0.463. The first-order valence-electron chi connectivity index (χ1n) is 20.8. The van der Waals surface area contributed by atoms with Gasteiger partial charge >= 0.3 is 120 Å². The van der Waals surface area contributed by atoms with E-state index in [2.05, 4.69) is 153 Å².